The van der Waals surface area contributed by atoms with Crippen LogP contribution in [-0.4, -0.2) is 18.5 Å². The Hall–Kier alpha value is -1.71. The largest absolute Gasteiger partial charge is 0.399 e. The lowest BCUT2D eigenvalue weighted by atomic mass is 9.92. The minimum absolute atomic E-state index is 0.0528. The van der Waals surface area contributed by atoms with E-state index in [4.69, 9.17) is 11.5 Å². The summed E-state index contributed by atoms with van der Waals surface area (Å²) in [4.78, 5) is 13.6. The predicted octanol–water partition coefficient (Wildman–Crippen LogP) is 1.67. The number of nitrogens with two attached hydrogens (primary N) is 2. The van der Waals surface area contributed by atoms with E-state index in [9.17, 15) is 4.79 Å². The van der Waals surface area contributed by atoms with Gasteiger partial charge in [0.05, 0.1) is 5.92 Å². The summed E-state index contributed by atoms with van der Waals surface area (Å²) in [6.07, 6.45) is 1.87. The molecule has 1 aromatic carbocycles. The minimum Gasteiger partial charge on any atom is -0.399 e. The molecule has 0 bridgehead atoms. The molecule has 18 heavy (non-hydrogen) atoms. The molecule has 0 saturated carbocycles. The van der Waals surface area contributed by atoms with Gasteiger partial charge in [-0.3, -0.25) is 4.79 Å². The van der Waals surface area contributed by atoms with Crippen molar-refractivity contribution in [3.05, 3.63) is 23.8 Å². The highest BCUT2D eigenvalue weighted by Crippen LogP contribution is 2.29. The molecule has 1 aliphatic rings. The number of carbonyl (C=O) groups is 1. The second-order valence-electron chi connectivity index (χ2n) is 5.28. The fraction of sp³-hybridized carbons (Fsp3) is 0.500. The molecule has 0 aromatic heterocycles. The van der Waals surface area contributed by atoms with Gasteiger partial charge >= 0.3 is 0 Å². The second-order valence-corrected chi connectivity index (χ2v) is 5.28. The molecule has 1 aromatic rings. The summed E-state index contributed by atoms with van der Waals surface area (Å²) in [5.74, 6) is -0.254. The second kappa shape index (κ2) is 4.88. The van der Waals surface area contributed by atoms with Crippen molar-refractivity contribution in [3.8, 4) is 0 Å². The molecule has 2 rings (SSSR count). The number of piperidine rings is 1. The third-order valence-corrected chi connectivity index (χ3v) is 3.70. The van der Waals surface area contributed by atoms with Crippen molar-refractivity contribution in [1.29, 1.82) is 0 Å². The maximum Gasteiger partial charge on any atom is 0.222 e. The first-order valence-corrected chi connectivity index (χ1v) is 6.40. The quantitative estimate of drug-likeness (QED) is 0.781. The van der Waals surface area contributed by atoms with E-state index >= 15 is 0 Å². The Morgan fingerprint density at radius 3 is 2.67 bits per heavy atom. The van der Waals surface area contributed by atoms with Crippen molar-refractivity contribution < 1.29 is 4.79 Å². The Labute approximate surface area is 108 Å². The molecule has 1 amide bonds. The fourth-order valence-corrected chi connectivity index (χ4v) is 2.66. The lowest BCUT2D eigenvalue weighted by Gasteiger charge is -2.38. The zero-order valence-electron chi connectivity index (χ0n) is 11.0. The number of hydrogen-bond acceptors (Lipinski definition) is 3. The topological polar surface area (TPSA) is 72.3 Å². The van der Waals surface area contributed by atoms with Crippen molar-refractivity contribution in [3.63, 3.8) is 0 Å². The number of anilines is 2. The molecule has 4 nitrogen and oxygen atoms in total. The van der Waals surface area contributed by atoms with Gasteiger partial charge in [0.2, 0.25) is 5.91 Å². The number of hydrogen-bond donors (Lipinski definition) is 2. The van der Waals surface area contributed by atoms with Gasteiger partial charge in [-0.25, -0.2) is 0 Å². The third kappa shape index (κ3) is 2.58. The van der Waals surface area contributed by atoms with Gasteiger partial charge in [-0.2, -0.15) is 0 Å². The average Bonchev–Trinajstić information content (AvgIpc) is 2.27. The van der Waals surface area contributed by atoms with E-state index in [1.54, 1.807) is 0 Å². The summed E-state index contributed by atoms with van der Waals surface area (Å²) in [7, 11) is 0. The summed E-state index contributed by atoms with van der Waals surface area (Å²) in [5, 5.41) is 0. The molecule has 0 spiro atoms. The smallest absolute Gasteiger partial charge is 0.222 e. The number of aryl methyl sites for hydroxylation is 1. The van der Waals surface area contributed by atoms with E-state index in [-0.39, 0.29) is 11.8 Å². The number of nitrogens with zero attached hydrogens (tertiary/aromatic N) is 1. The monoisotopic (exact) mass is 247 g/mol. The van der Waals surface area contributed by atoms with Crippen LogP contribution in [0.1, 0.15) is 25.3 Å². The van der Waals surface area contributed by atoms with Crippen molar-refractivity contribution in [1.82, 2.24) is 0 Å². The van der Waals surface area contributed by atoms with Crippen LogP contribution in [0.5, 0.6) is 0 Å². The zero-order chi connectivity index (χ0) is 13.3. The van der Waals surface area contributed by atoms with Crippen LogP contribution in [0.15, 0.2) is 18.2 Å². The maximum absolute atomic E-state index is 11.3. The van der Waals surface area contributed by atoms with E-state index in [0.29, 0.717) is 12.6 Å². The zero-order valence-corrected chi connectivity index (χ0v) is 11.0. The number of amides is 1. The number of primary amides is 1. The first kappa shape index (κ1) is 12.7. The highest BCUT2D eigenvalue weighted by molar-refractivity contribution is 5.78. The molecule has 2 unspecified atom stereocenters. The van der Waals surface area contributed by atoms with Crippen LogP contribution in [0, 0.1) is 12.8 Å². The lowest BCUT2D eigenvalue weighted by molar-refractivity contribution is -0.122. The number of benzene rings is 1. The number of carbonyl (C=O) groups excluding carboxylic acids is 1. The average molecular weight is 247 g/mol. The maximum atomic E-state index is 11.3. The summed E-state index contributed by atoms with van der Waals surface area (Å²) < 4.78 is 0. The fourth-order valence-electron chi connectivity index (χ4n) is 2.66. The highest BCUT2D eigenvalue weighted by Gasteiger charge is 2.28. The molecule has 1 heterocycles. The van der Waals surface area contributed by atoms with Crippen molar-refractivity contribution in [2.45, 2.75) is 32.7 Å². The van der Waals surface area contributed by atoms with Gasteiger partial charge in [0.1, 0.15) is 0 Å². The minimum atomic E-state index is -0.201. The molecule has 2 atom stereocenters. The van der Waals surface area contributed by atoms with Crippen LogP contribution in [0.4, 0.5) is 11.4 Å². The van der Waals surface area contributed by atoms with E-state index in [1.807, 2.05) is 19.1 Å². The first-order chi connectivity index (χ1) is 8.47. The summed E-state index contributed by atoms with van der Waals surface area (Å²) >= 11 is 0. The molecule has 0 aliphatic carbocycles. The number of rotatable bonds is 2. The first-order valence-electron chi connectivity index (χ1n) is 6.40. The Kier molecular flexibility index (Phi) is 3.45. The Bertz CT molecular complexity index is 438. The van der Waals surface area contributed by atoms with Gasteiger partial charge in [-0.05, 0) is 50.5 Å². The molecule has 98 valence electrons. The van der Waals surface area contributed by atoms with Crippen LogP contribution >= 0.6 is 0 Å². The molecule has 0 radical (unpaired) electrons. The van der Waals surface area contributed by atoms with Crippen LogP contribution in [0.3, 0.4) is 0 Å². The molecule has 1 fully saturated rings. The molecule has 4 heteroatoms. The summed E-state index contributed by atoms with van der Waals surface area (Å²) in [6, 6.07) is 6.44. The van der Waals surface area contributed by atoms with Gasteiger partial charge < -0.3 is 16.4 Å². The standard InChI is InChI=1S/C14H21N3O/c1-9-5-12(15)7-13(6-9)17-8-11(14(16)18)4-3-10(17)2/h5-7,10-11H,3-4,8,15H2,1-2H3,(H2,16,18). The summed E-state index contributed by atoms with van der Waals surface area (Å²) in [5.41, 5.74) is 14.3. The van der Waals surface area contributed by atoms with Gasteiger partial charge in [-0.15, -0.1) is 0 Å². The Balaban J connectivity index is 2.26. The van der Waals surface area contributed by atoms with Gasteiger partial charge in [0, 0.05) is 24.0 Å². The van der Waals surface area contributed by atoms with E-state index in [0.717, 1.165) is 29.8 Å². The summed E-state index contributed by atoms with van der Waals surface area (Å²) in [6.45, 7) is 4.90. The molecule has 1 saturated heterocycles. The van der Waals surface area contributed by atoms with Crippen molar-refractivity contribution in [2.24, 2.45) is 11.7 Å². The van der Waals surface area contributed by atoms with E-state index in [2.05, 4.69) is 17.9 Å². The van der Waals surface area contributed by atoms with E-state index in [1.165, 1.54) is 0 Å². The van der Waals surface area contributed by atoms with Crippen LogP contribution in [-0.2, 0) is 4.79 Å². The SMILES string of the molecule is Cc1cc(N)cc(N2CC(C(N)=O)CCC2C)c1. The van der Waals surface area contributed by atoms with Gasteiger partial charge in [-0.1, -0.05) is 0 Å². The molecule has 4 N–H and O–H groups in total. The van der Waals surface area contributed by atoms with Crippen LogP contribution in [0.2, 0.25) is 0 Å². The van der Waals surface area contributed by atoms with Gasteiger partial charge in [0.25, 0.3) is 0 Å². The van der Waals surface area contributed by atoms with Crippen molar-refractivity contribution >= 4 is 17.3 Å². The third-order valence-electron chi connectivity index (χ3n) is 3.70. The number of nitrogen functional groups attached to an aromatic ring is 1. The van der Waals surface area contributed by atoms with Crippen LogP contribution in [0.25, 0.3) is 0 Å². The highest BCUT2D eigenvalue weighted by atomic mass is 16.1. The van der Waals surface area contributed by atoms with Gasteiger partial charge in [0.15, 0.2) is 0 Å². The normalized spacial score (nSPS) is 24.0. The molecular weight excluding hydrogens is 226 g/mol. The molecule has 1 aliphatic heterocycles. The Morgan fingerprint density at radius 2 is 2.06 bits per heavy atom. The lowest BCUT2D eigenvalue weighted by Crippen LogP contribution is -2.45. The predicted molar refractivity (Wildman–Crippen MR) is 74.3 cm³/mol. The van der Waals surface area contributed by atoms with Crippen LogP contribution < -0.4 is 16.4 Å². The Morgan fingerprint density at radius 1 is 1.33 bits per heavy atom. The molecular formula is C14H21N3O. The van der Waals surface area contributed by atoms with Crippen molar-refractivity contribution in [2.75, 3.05) is 17.2 Å². The van der Waals surface area contributed by atoms with E-state index < -0.39 is 0 Å².